The Kier molecular flexibility index (Phi) is 4.65. The summed E-state index contributed by atoms with van der Waals surface area (Å²) in [4.78, 5) is 27.1. The maximum atomic E-state index is 12.7. The molecule has 4 heteroatoms. The number of amides is 2. The number of nitrogens with one attached hydrogen (secondary N) is 1. The minimum atomic E-state index is -0.405. The lowest BCUT2D eigenvalue weighted by Crippen LogP contribution is -2.43. The highest BCUT2D eigenvalue weighted by atomic mass is 16.2. The lowest BCUT2D eigenvalue weighted by atomic mass is 10.1. The fourth-order valence-electron chi connectivity index (χ4n) is 3.13. The van der Waals surface area contributed by atoms with Gasteiger partial charge in [-0.15, -0.1) is 0 Å². The molecule has 1 fully saturated rings. The van der Waals surface area contributed by atoms with Crippen LogP contribution >= 0.6 is 0 Å². The molecule has 4 nitrogen and oxygen atoms in total. The number of anilines is 1. The first-order valence-electron chi connectivity index (χ1n) is 8.31. The van der Waals surface area contributed by atoms with Crippen LogP contribution in [-0.2, 0) is 4.79 Å². The first-order chi connectivity index (χ1) is 11.6. The molecule has 124 valence electrons. The molecule has 1 aliphatic rings. The van der Waals surface area contributed by atoms with E-state index in [4.69, 9.17) is 0 Å². The van der Waals surface area contributed by atoms with Gasteiger partial charge in [-0.1, -0.05) is 30.3 Å². The van der Waals surface area contributed by atoms with Crippen molar-refractivity contribution in [2.24, 2.45) is 0 Å². The van der Waals surface area contributed by atoms with Gasteiger partial charge in [0, 0.05) is 17.8 Å². The highest BCUT2D eigenvalue weighted by Crippen LogP contribution is 2.23. The van der Waals surface area contributed by atoms with Crippen LogP contribution in [0.25, 0.3) is 0 Å². The molecule has 2 aromatic rings. The number of hydrogen-bond acceptors (Lipinski definition) is 2. The molecular formula is C20H22N2O2. The largest absolute Gasteiger partial charge is 0.327 e. The lowest BCUT2D eigenvalue weighted by Gasteiger charge is -2.24. The van der Waals surface area contributed by atoms with Gasteiger partial charge in [0.1, 0.15) is 6.04 Å². The number of carbonyl (C=O) groups excluding carboxylic acids is 2. The van der Waals surface area contributed by atoms with Crippen LogP contribution in [-0.4, -0.2) is 29.3 Å². The van der Waals surface area contributed by atoms with Gasteiger partial charge in [-0.05, 0) is 56.0 Å². The fraction of sp³-hybridized carbons (Fsp3) is 0.300. The van der Waals surface area contributed by atoms with Crippen LogP contribution in [0.2, 0.25) is 0 Å². The number of benzene rings is 2. The number of likely N-dealkylation sites (tertiary alicyclic amines) is 1. The molecule has 0 spiro atoms. The van der Waals surface area contributed by atoms with E-state index in [-0.39, 0.29) is 11.8 Å². The molecule has 0 aliphatic carbocycles. The Labute approximate surface area is 142 Å². The van der Waals surface area contributed by atoms with Gasteiger partial charge in [-0.2, -0.15) is 0 Å². The summed E-state index contributed by atoms with van der Waals surface area (Å²) in [5.74, 6) is -0.181. The maximum absolute atomic E-state index is 12.7. The van der Waals surface area contributed by atoms with E-state index < -0.39 is 6.04 Å². The Morgan fingerprint density at radius 3 is 2.54 bits per heavy atom. The normalized spacial score (nSPS) is 16.9. The Hall–Kier alpha value is -2.62. The van der Waals surface area contributed by atoms with E-state index >= 15 is 0 Å². The number of carbonyl (C=O) groups is 2. The van der Waals surface area contributed by atoms with Crippen LogP contribution < -0.4 is 5.32 Å². The van der Waals surface area contributed by atoms with E-state index in [1.54, 1.807) is 17.0 Å². The summed E-state index contributed by atoms with van der Waals surface area (Å²) in [5, 5.41) is 3.00. The van der Waals surface area contributed by atoms with E-state index in [9.17, 15) is 9.59 Å². The molecule has 24 heavy (non-hydrogen) atoms. The molecule has 2 amide bonds. The topological polar surface area (TPSA) is 49.4 Å². The van der Waals surface area contributed by atoms with Crippen molar-refractivity contribution in [2.75, 3.05) is 11.9 Å². The fourth-order valence-corrected chi connectivity index (χ4v) is 3.13. The average Bonchev–Trinajstić information content (AvgIpc) is 3.09. The van der Waals surface area contributed by atoms with E-state index in [0.717, 1.165) is 23.2 Å². The summed E-state index contributed by atoms with van der Waals surface area (Å²) < 4.78 is 0. The number of hydrogen-bond donors (Lipinski definition) is 1. The zero-order valence-corrected chi connectivity index (χ0v) is 14.1. The summed E-state index contributed by atoms with van der Waals surface area (Å²) in [6, 6.07) is 14.6. The first kappa shape index (κ1) is 16.2. The van der Waals surface area contributed by atoms with Crippen molar-refractivity contribution in [1.29, 1.82) is 0 Å². The zero-order chi connectivity index (χ0) is 17.1. The minimum Gasteiger partial charge on any atom is -0.327 e. The molecule has 2 aromatic carbocycles. The van der Waals surface area contributed by atoms with Crippen LogP contribution in [0.3, 0.4) is 0 Å². The van der Waals surface area contributed by atoms with Gasteiger partial charge < -0.3 is 10.2 Å². The van der Waals surface area contributed by atoms with E-state index in [1.165, 1.54) is 0 Å². The number of nitrogens with zero attached hydrogens (tertiary/aromatic N) is 1. The average molecular weight is 322 g/mol. The third-order valence-corrected chi connectivity index (χ3v) is 4.70. The molecule has 0 unspecified atom stereocenters. The highest BCUT2D eigenvalue weighted by Gasteiger charge is 2.34. The Balaban J connectivity index is 1.76. The van der Waals surface area contributed by atoms with Gasteiger partial charge in [0.2, 0.25) is 5.91 Å². The van der Waals surface area contributed by atoms with E-state index in [1.807, 2.05) is 50.2 Å². The van der Waals surface area contributed by atoms with Crippen molar-refractivity contribution < 1.29 is 9.59 Å². The molecular weight excluding hydrogens is 300 g/mol. The molecule has 0 bridgehead atoms. The molecule has 0 aromatic heterocycles. The Morgan fingerprint density at radius 1 is 1.04 bits per heavy atom. The molecule has 1 atom stereocenters. The molecule has 1 heterocycles. The molecule has 1 aliphatic heterocycles. The standard InChI is InChI=1S/C20H22N2O2/c1-14-8-6-11-17(15(14)2)21-19(23)18-12-7-13-22(18)20(24)16-9-4-3-5-10-16/h3-6,8-11,18H,7,12-13H2,1-2H3,(H,21,23)/t18-/m1/s1. The van der Waals surface area contributed by atoms with Crippen LogP contribution in [0.15, 0.2) is 48.5 Å². The van der Waals surface area contributed by atoms with E-state index in [0.29, 0.717) is 18.5 Å². The summed E-state index contributed by atoms with van der Waals surface area (Å²) in [6.45, 7) is 4.64. The van der Waals surface area contributed by atoms with Gasteiger partial charge in [0.25, 0.3) is 5.91 Å². The first-order valence-corrected chi connectivity index (χ1v) is 8.31. The van der Waals surface area contributed by atoms with Crippen LogP contribution in [0.5, 0.6) is 0 Å². The van der Waals surface area contributed by atoms with Crippen molar-refractivity contribution in [3.05, 3.63) is 65.2 Å². The summed E-state index contributed by atoms with van der Waals surface area (Å²) in [7, 11) is 0. The Bertz CT molecular complexity index is 755. The zero-order valence-electron chi connectivity index (χ0n) is 14.1. The Morgan fingerprint density at radius 2 is 1.79 bits per heavy atom. The van der Waals surface area contributed by atoms with Crippen LogP contribution in [0.1, 0.15) is 34.3 Å². The van der Waals surface area contributed by atoms with Gasteiger partial charge in [0.15, 0.2) is 0 Å². The van der Waals surface area contributed by atoms with Crippen LogP contribution in [0, 0.1) is 13.8 Å². The molecule has 0 saturated carbocycles. The summed E-state index contributed by atoms with van der Waals surface area (Å²) in [6.07, 6.45) is 1.55. The maximum Gasteiger partial charge on any atom is 0.254 e. The van der Waals surface area contributed by atoms with Crippen LogP contribution in [0.4, 0.5) is 5.69 Å². The summed E-state index contributed by atoms with van der Waals surface area (Å²) >= 11 is 0. The highest BCUT2D eigenvalue weighted by molar-refractivity contribution is 6.01. The predicted molar refractivity (Wildman–Crippen MR) is 95.0 cm³/mol. The molecule has 3 rings (SSSR count). The van der Waals surface area contributed by atoms with Crippen molar-refractivity contribution in [1.82, 2.24) is 4.90 Å². The second kappa shape index (κ2) is 6.87. The van der Waals surface area contributed by atoms with Crippen molar-refractivity contribution >= 4 is 17.5 Å². The second-order valence-electron chi connectivity index (χ2n) is 6.26. The smallest absolute Gasteiger partial charge is 0.254 e. The SMILES string of the molecule is Cc1cccc(NC(=O)[C@H]2CCCN2C(=O)c2ccccc2)c1C. The molecule has 1 saturated heterocycles. The van der Waals surface area contributed by atoms with Crippen molar-refractivity contribution in [3.8, 4) is 0 Å². The van der Waals surface area contributed by atoms with Crippen molar-refractivity contribution in [2.45, 2.75) is 32.7 Å². The summed E-state index contributed by atoms with van der Waals surface area (Å²) in [5.41, 5.74) is 3.64. The lowest BCUT2D eigenvalue weighted by molar-refractivity contribution is -0.119. The minimum absolute atomic E-state index is 0.0748. The van der Waals surface area contributed by atoms with Gasteiger partial charge >= 0.3 is 0 Å². The molecule has 1 N–H and O–H groups in total. The van der Waals surface area contributed by atoms with E-state index in [2.05, 4.69) is 5.32 Å². The molecule has 0 radical (unpaired) electrons. The quantitative estimate of drug-likeness (QED) is 0.939. The number of aryl methyl sites for hydroxylation is 1. The third-order valence-electron chi connectivity index (χ3n) is 4.70. The second-order valence-corrected chi connectivity index (χ2v) is 6.26. The van der Waals surface area contributed by atoms with Gasteiger partial charge in [0.05, 0.1) is 0 Å². The predicted octanol–water partition coefficient (Wildman–Crippen LogP) is 3.55. The monoisotopic (exact) mass is 322 g/mol. The third kappa shape index (κ3) is 3.18. The van der Waals surface area contributed by atoms with Crippen molar-refractivity contribution in [3.63, 3.8) is 0 Å². The number of rotatable bonds is 3. The van der Waals surface area contributed by atoms with Gasteiger partial charge in [-0.25, -0.2) is 0 Å². The van der Waals surface area contributed by atoms with Gasteiger partial charge in [-0.3, -0.25) is 9.59 Å².